The van der Waals surface area contributed by atoms with E-state index >= 15 is 0 Å². The van der Waals surface area contributed by atoms with Crippen molar-refractivity contribution in [3.8, 4) is 0 Å². The lowest BCUT2D eigenvalue weighted by atomic mass is 10.0. The number of nitrogens with zero attached hydrogens (tertiary/aromatic N) is 2. The van der Waals surface area contributed by atoms with Gasteiger partial charge < -0.3 is 14.4 Å². The SMILES string of the molecule is CC(CC(=O)O)Cc1nc(CC2CCOC2)no1. The van der Waals surface area contributed by atoms with Crippen LogP contribution in [0.2, 0.25) is 0 Å². The Hall–Kier alpha value is -1.43. The summed E-state index contributed by atoms with van der Waals surface area (Å²) in [6.45, 7) is 3.44. The number of hydrogen-bond acceptors (Lipinski definition) is 5. The predicted molar refractivity (Wildman–Crippen MR) is 62.0 cm³/mol. The second-order valence-electron chi connectivity index (χ2n) is 4.95. The first kappa shape index (κ1) is 13.0. The highest BCUT2D eigenvalue weighted by Crippen LogP contribution is 2.17. The zero-order chi connectivity index (χ0) is 13.0. The topological polar surface area (TPSA) is 85.5 Å². The van der Waals surface area contributed by atoms with E-state index in [1.54, 1.807) is 0 Å². The summed E-state index contributed by atoms with van der Waals surface area (Å²) in [4.78, 5) is 14.8. The van der Waals surface area contributed by atoms with Crippen LogP contribution < -0.4 is 0 Å². The fourth-order valence-corrected chi connectivity index (χ4v) is 2.13. The molecule has 0 aliphatic carbocycles. The molecule has 2 rings (SSSR count). The molecule has 0 saturated carbocycles. The number of rotatable bonds is 6. The number of carbonyl (C=O) groups is 1. The van der Waals surface area contributed by atoms with Crippen molar-refractivity contribution in [2.45, 2.75) is 32.6 Å². The van der Waals surface area contributed by atoms with E-state index in [0.717, 1.165) is 26.1 Å². The first-order valence-electron chi connectivity index (χ1n) is 6.24. The molecule has 1 N–H and O–H groups in total. The van der Waals surface area contributed by atoms with Crippen molar-refractivity contribution in [2.24, 2.45) is 11.8 Å². The van der Waals surface area contributed by atoms with E-state index in [9.17, 15) is 4.79 Å². The van der Waals surface area contributed by atoms with Gasteiger partial charge in [0.2, 0.25) is 5.89 Å². The van der Waals surface area contributed by atoms with Crippen molar-refractivity contribution in [1.82, 2.24) is 10.1 Å². The van der Waals surface area contributed by atoms with Gasteiger partial charge in [-0.1, -0.05) is 12.1 Å². The third-order valence-electron chi connectivity index (χ3n) is 3.05. The number of ether oxygens (including phenoxy) is 1. The van der Waals surface area contributed by atoms with E-state index in [1.807, 2.05) is 6.92 Å². The molecule has 0 aromatic carbocycles. The highest BCUT2D eigenvalue weighted by molar-refractivity contribution is 5.66. The average molecular weight is 254 g/mol. The third kappa shape index (κ3) is 3.80. The van der Waals surface area contributed by atoms with Crippen molar-refractivity contribution in [1.29, 1.82) is 0 Å². The van der Waals surface area contributed by atoms with E-state index in [-0.39, 0.29) is 12.3 Å². The Morgan fingerprint density at radius 3 is 3.11 bits per heavy atom. The van der Waals surface area contributed by atoms with Gasteiger partial charge in [0, 0.05) is 32.5 Å². The Labute approximate surface area is 105 Å². The normalized spacial score (nSPS) is 21.1. The van der Waals surface area contributed by atoms with E-state index in [0.29, 0.717) is 24.1 Å². The lowest BCUT2D eigenvalue weighted by Crippen LogP contribution is -2.08. The van der Waals surface area contributed by atoms with Crippen LogP contribution in [0.3, 0.4) is 0 Å². The molecule has 1 aromatic heterocycles. The van der Waals surface area contributed by atoms with Crippen molar-refractivity contribution in [3.05, 3.63) is 11.7 Å². The van der Waals surface area contributed by atoms with Crippen LogP contribution in [0.4, 0.5) is 0 Å². The van der Waals surface area contributed by atoms with Crippen LogP contribution in [0.15, 0.2) is 4.52 Å². The molecule has 1 saturated heterocycles. The molecule has 0 amide bonds. The second-order valence-corrected chi connectivity index (χ2v) is 4.95. The molecule has 2 unspecified atom stereocenters. The molecule has 18 heavy (non-hydrogen) atoms. The van der Waals surface area contributed by atoms with Gasteiger partial charge in [-0.05, 0) is 18.3 Å². The average Bonchev–Trinajstić information content (AvgIpc) is 2.89. The molecule has 1 aliphatic rings. The highest BCUT2D eigenvalue weighted by atomic mass is 16.5. The van der Waals surface area contributed by atoms with Gasteiger partial charge in [0.05, 0.1) is 0 Å². The zero-order valence-corrected chi connectivity index (χ0v) is 10.5. The summed E-state index contributed by atoms with van der Waals surface area (Å²) in [6, 6.07) is 0. The van der Waals surface area contributed by atoms with Crippen LogP contribution in [0.1, 0.15) is 31.5 Å². The lowest BCUT2D eigenvalue weighted by Gasteiger charge is -2.03. The lowest BCUT2D eigenvalue weighted by molar-refractivity contribution is -0.137. The Kier molecular flexibility index (Phi) is 4.30. The van der Waals surface area contributed by atoms with E-state index in [1.165, 1.54) is 0 Å². The number of carboxylic acid groups (broad SMARTS) is 1. The van der Waals surface area contributed by atoms with Gasteiger partial charge in [-0.15, -0.1) is 0 Å². The molecule has 2 heterocycles. The van der Waals surface area contributed by atoms with Crippen molar-refractivity contribution in [2.75, 3.05) is 13.2 Å². The summed E-state index contributed by atoms with van der Waals surface area (Å²) < 4.78 is 10.4. The van der Waals surface area contributed by atoms with Gasteiger partial charge in [0.25, 0.3) is 0 Å². The molecule has 1 aromatic rings. The molecule has 0 spiro atoms. The molecular weight excluding hydrogens is 236 g/mol. The minimum absolute atomic E-state index is 0.00520. The zero-order valence-electron chi connectivity index (χ0n) is 10.5. The monoisotopic (exact) mass is 254 g/mol. The molecule has 2 atom stereocenters. The Balaban J connectivity index is 1.83. The summed E-state index contributed by atoms with van der Waals surface area (Å²) in [5, 5.41) is 12.6. The maximum Gasteiger partial charge on any atom is 0.303 e. The summed E-state index contributed by atoms with van der Waals surface area (Å²) >= 11 is 0. The molecule has 1 fully saturated rings. The molecule has 6 heteroatoms. The Bertz CT molecular complexity index is 399. The van der Waals surface area contributed by atoms with Crippen molar-refractivity contribution >= 4 is 5.97 Å². The van der Waals surface area contributed by atoms with Crippen molar-refractivity contribution in [3.63, 3.8) is 0 Å². The summed E-state index contributed by atoms with van der Waals surface area (Å²) in [6.07, 6.45) is 2.45. The first-order chi connectivity index (χ1) is 8.63. The van der Waals surface area contributed by atoms with Gasteiger partial charge >= 0.3 is 5.97 Å². The van der Waals surface area contributed by atoms with Crippen LogP contribution in [0.25, 0.3) is 0 Å². The Morgan fingerprint density at radius 2 is 2.44 bits per heavy atom. The van der Waals surface area contributed by atoms with E-state index in [2.05, 4.69) is 10.1 Å². The van der Waals surface area contributed by atoms with Gasteiger partial charge in [0.1, 0.15) is 0 Å². The number of hydrogen-bond donors (Lipinski definition) is 1. The minimum atomic E-state index is -0.801. The minimum Gasteiger partial charge on any atom is -0.481 e. The van der Waals surface area contributed by atoms with Gasteiger partial charge in [-0.2, -0.15) is 4.98 Å². The Morgan fingerprint density at radius 1 is 1.61 bits per heavy atom. The van der Waals surface area contributed by atoms with Gasteiger partial charge in [-0.25, -0.2) is 0 Å². The standard InChI is InChI=1S/C12H18N2O4/c1-8(5-12(15)16)4-11-13-10(14-18-11)6-9-2-3-17-7-9/h8-9H,2-7H2,1H3,(H,15,16). The molecule has 100 valence electrons. The molecule has 6 nitrogen and oxygen atoms in total. The molecule has 1 aliphatic heterocycles. The maximum absolute atomic E-state index is 10.6. The second kappa shape index (κ2) is 5.95. The quantitative estimate of drug-likeness (QED) is 0.823. The number of aliphatic carboxylic acids is 1. The molecule has 0 radical (unpaired) electrons. The number of aromatic nitrogens is 2. The van der Waals surface area contributed by atoms with Crippen LogP contribution in [0, 0.1) is 11.8 Å². The molecular formula is C12H18N2O4. The van der Waals surface area contributed by atoms with Crippen LogP contribution in [-0.2, 0) is 22.4 Å². The van der Waals surface area contributed by atoms with Crippen molar-refractivity contribution < 1.29 is 19.2 Å². The summed E-state index contributed by atoms with van der Waals surface area (Å²) in [5.41, 5.74) is 0. The third-order valence-corrected chi connectivity index (χ3v) is 3.05. The van der Waals surface area contributed by atoms with E-state index < -0.39 is 5.97 Å². The fourth-order valence-electron chi connectivity index (χ4n) is 2.13. The smallest absolute Gasteiger partial charge is 0.303 e. The summed E-state index contributed by atoms with van der Waals surface area (Å²) in [7, 11) is 0. The van der Waals surface area contributed by atoms with Gasteiger partial charge in [0.15, 0.2) is 5.82 Å². The molecule has 0 bridgehead atoms. The maximum atomic E-state index is 10.6. The summed E-state index contributed by atoms with van der Waals surface area (Å²) in [5.74, 6) is 0.906. The highest BCUT2D eigenvalue weighted by Gasteiger charge is 2.20. The van der Waals surface area contributed by atoms with E-state index in [4.69, 9.17) is 14.4 Å². The predicted octanol–water partition coefficient (Wildman–Crippen LogP) is 1.30. The largest absolute Gasteiger partial charge is 0.481 e. The van der Waals surface area contributed by atoms with Crippen LogP contribution >= 0.6 is 0 Å². The number of carboxylic acids is 1. The fraction of sp³-hybridized carbons (Fsp3) is 0.750. The first-order valence-corrected chi connectivity index (χ1v) is 6.24. The van der Waals surface area contributed by atoms with Crippen LogP contribution in [-0.4, -0.2) is 34.4 Å². The van der Waals surface area contributed by atoms with Crippen LogP contribution in [0.5, 0.6) is 0 Å². The van der Waals surface area contributed by atoms with Gasteiger partial charge in [-0.3, -0.25) is 4.79 Å².